The Labute approximate surface area is 164 Å². The number of guanidine groups is 1. The second kappa shape index (κ2) is 8.56. The molecule has 1 aromatic carbocycles. The van der Waals surface area contributed by atoms with Gasteiger partial charge in [-0.1, -0.05) is 24.3 Å². The second-order valence-electron chi connectivity index (χ2n) is 6.64. The first kappa shape index (κ1) is 18.0. The largest absolute Gasteiger partial charge is 0.356 e. The third-order valence-corrected chi connectivity index (χ3v) is 4.80. The van der Waals surface area contributed by atoms with Gasteiger partial charge in [0, 0.05) is 51.0 Å². The maximum absolute atomic E-state index is 4.30. The number of rotatable bonds is 7. The van der Waals surface area contributed by atoms with E-state index in [1.807, 2.05) is 28.8 Å². The zero-order valence-corrected chi connectivity index (χ0v) is 16.0. The van der Waals surface area contributed by atoms with Crippen molar-refractivity contribution in [3.8, 4) is 0 Å². The van der Waals surface area contributed by atoms with Crippen LogP contribution >= 0.6 is 0 Å². The Morgan fingerprint density at radius 1 is 0.964 bits per heavy atom. The van der Waals surface area contributed by atoms with Gasteiger partial charge in [-0.3, -0.25) is 9.39 Å². The zero-order chi connectivity index (χ0) is 19.2. The number of fused-ring (bicyclic) bond motifs is 2. The van der Waals surface area contributed by atoms with Crippen LogP contribution in [0.3, 0.4) is 0 Å². The van der Waals surface area contributed by atoms with E-state index in [-0.39, 0.29) is 0 Å². The number of aliphatic imine (C=N–C) groups is 1. The van der Waals surface area contributed by atoms with Gasteiger partial charge in [0.1, 0.15) is 5.82 Å². The van der Waals surface area contributed by atoms with Crippen LogP contribution in [0.15, 0.2) is 65.9 Å². The van der Waals surface area contributed by atoms with Gasteiger partial charge in [0.15, 0.2) is 11.6 Å². The number of para-hydroxylation sites is 1. The fourth-order valence-electron chi connectivity index (χ4n) is 3.37. The van der Waals surface area contributed by atoms with Crippen molar-refractivity contribution in [1.82, 2.24) is 29.8 Å². The van der Waals surface area contributed by atoms with E-state index in [1.165, 1.54) is 10.9 Å². The maximum Gasteiger partial charge on any atom is 0.190 e. The van der Waals surface area contributed by atoms with Crippen molar-refractivity contribution in [3.63, 3.8) is 0 Å². The van der Waals surface area contributed by atoms with Crippen LogP contribution < -0.4 is 10.6 Å². The normalized spacial score (nSPS) is 12.0. The van der Waals surface area contributed by atoms with E-state index < -0.39 is 0 Å². The molecule has 0 saturated heterocycles. The smallest absolute Gasteiger partial charge is 0.190 e. The average Bonchev–Trinajstić information content (AvgIpc) is 3.34. The predicted octanol–water partition coefficient (Wildman–Crippen LogP) is 2.48. The summed E-state index contributed by atoms with van der Waals surface area (Å²) in [6, 6.07) is 16.5. The van der Waals surface area contributed by atoms with Crippen LogP contribution in [0, 0.1) is 0 Å². The molecule has 3 heterocycles. The monoisotopic (exact) mass is 375 g/mol. The second-order valence-corrected chi connectivity index (χ2v) is 6.64. The molecular weight excluding hydrogens is 350 g/mol. The molecule has 2 N–H and O–H groups in total. The molecule has 28 heavy (non-hydrogen) atoms. The quantitative estimate of drug-likeness (QED) is 0.296. The molecule has 0 atom stereocenters. The number of aryl methyl sites for hydroxylation is 1. The highest BCUT2D eigenvalue weighted by atomic mass is 15.2. The van der Waals surface area contributed by atoms with Gasteiger partial charge in [-0.25, -0.2) is 0 Å². The van der Waals surface area contributed by atoms with E-state index in [9.17, 15) is 0 Å². The van der Waals surface area contributed by atoms with Crippen molar-refractivity contribution >= 4 is 22.5 Å². The van der Waals surface area contributed by atoms with E-state index >= 15 is 0 Å². The van der Waals surface area contributed by atoms with Gasteiger partial charge in [-0.05, 0) is 36.1 Å². The van der Waals surface area contributed by atoms with Crippen LogP contribution in [0.4, 0.5) is 0 Å². The Kier molecular flexibility index (Phi) is 5.51. The lowest BCUT2D eigenvalue weighted by molar-refractivity contribution is 0.640. The number of nitrogens with one attached hydrogen (secondary N) is 2. The number of nitrogens with zero attached hydrogens (tertiary/aromatic N) is 5. The molecule has 0 aliphatic carbocycles. The molecule has 144 valence electrons. The van der Waals surface area contributed by atoms with Gasteiger partial charge in [0.05, 0.1) is 0 Å². The minimum absolute atomic E-state index is 0.748. The first-order valence-electron chi connectivity index (χ1n) is 9.62. The van der Waals surface area contributed by atoms with Gasteiger partial charge in [-0.15, -0.1) is 10.2 Å². The highest BCUT2D eigenvalue weighted by Crippen LogP contribution is 2.15. The average molecular weight is 375 g/mol. The van der Waals surface area contributed by atoms with Crippen LogP contribution in [-0.2, 0) is 13.0 Å². The number of hydrogen-bond acceptors (Lipinski definition) is 3. The Bertz CT molecular complexity index is 1080. The van der Waals surface area contributed by atoms with Gasteiger partial charge in [0.2, 0.25) is 0 Å². The molecule has 0 radical (unpaired) electrons. The Hall–Kier alpha value is -3.35. The molecule has 0 aliphatic rings. The fourth-order valence-corrected chi connectivity index (χ4v) is 3.37. The molecule has 7 nitrogen and oxygen atoms in total. The fraction of sp³-hybridized carbons (Fsp3) is 0.286. The summed E-state index contributed by atoms with van der Waals surface area (Å²) < 4.78 is 4.31. The number of pyridine rings is 1. The highest BCUT2D eigenvalue weighted by Gasteiger charge is 2.05. The Morgan fingerprint density at radius 3 is 2.75 bits per heavy atom. The number of aromatic nitrogens is 4. The van der Waals surface area contributed by atoms with Gasteiger partial charge >= 0.3 is 0 Å². The lowest BCUT2D eigenvalue weighted by Crippen LogP contribution is -2.39. The summed E-state index contributed by atoms with van der Waals surface area (Å²) in [6.07, 6.45) is 5.94. The summed E-state index contributed by atoms with van der Waals surface area (Å²) in [7, 11) is 1.79. The minimum Gasteiger partial charge on any atom is -0.356 e. The standard InChI is InChI=1S/C21H25N7/c1-22-21(24-13-10-20-26-25-19-9-4-5-15-28(19)20)23-12-6-14-27-16-11-17-7-2-3-8-18(17)27/h2-5,7-9,11,15-16H,6,10,12-14H2,1H3,(H2,22,23,24). The van der Waals surface area contributed by atoms with Crippen molar-refractivity contribution < 1.29 is 0 Å². The molecular formula is C21H25N7. The lowest BCUT2D eigenvalue weighted by Gasteiger charge is -2.12. The molecule has 0 bridgehead atoms. The van der Waals surface area contributed by atoms with Gasteiger partial charge in [-0.2, -0.15) is 0 Å². The van der Waals surface area contributed by atoms with Crippen LogP contribution in [0.5, 0.6) is 0 Å². The zero-order valence-electron chi connectivity index (χ0n) is 16.0. The van der Waals surface area contributed by atoms with Crippen LogP contribution in [0.25, 0.3) is 16.6 Å². The van der Waals surface area contributed by atoms with Gasteiger partial charge in [0.25, 0.3) is 0 Å². The predicted molar refractivity (Wildman–Crippen MR) is 113 cm³/mol. The molecule has 0 aliphatic heterocycles. The van der Waals surface area contributed by atoms with E-state index in [4.69, 9.17) is 0 Å². The van der Waals surface area contributed by atoms with Crippen LogP contribution in [0.1, 0.15) is 12.2 Å². The first-order chi connectivity index (χ1) is 13.8. The summed E-state index contributed by atoms with van der Waals surface area (Å²) in [4.78, 5) is 4.30. The van der Waals surface area contributed by atoms with Crippen molar-refractivity contribution in [2.24, 2.45) is 4.99 Å². The van der Waals surface area contributed by atoms with E-state index in [0.29, 0.717) is 0 Å². The number of hydrogen-bond donors (Lipinski definition) is 2. The highest BCUT2D eigenvalue weighted by molar-refractivity contribution is 5.80. The maximum atomic E-state index is 4.30. The lowest BCUT2D eigenvalue weighted by atomic mass is 10.2. The third kappa shape index (κ3) is 3.98. The first-order valence-corrected chi connectivity index (χ1v) is 9.62. The van der Waals surface area contributed by atoms with E-state index in [0.717, 1.165) is 49.9 Å². The SMILES string of the molecule is CN=C(NCCCn1ccc2ccccc21)NCCc1nnc2ccccn12. The third-order valence-electron chi connectivity index (χ3n) is 4.80. The van der Waals surface area contributed by atoms with Crippen LogP contribution in [-0.4, -0.2) is 45.3 Å². The van der Waals surface area contributed by atoms with E-state index in [1.54, 1.807) is 7.05 Å². The van der Waals surface area contributed by atoms with Crippen LogP contribution in [0.2, 0.25) is 0 Å². The summed E-state index contributed by atoms with van der Waals surface area (Å²) in [6.45, 7) is 2.58. The molecule has 4 rings (SSSR count). The summed E-state index contributed by atoms with van der Waals surface area (Å²) in [5, 5.41) is 16.4. The summed E-state index contributed by atoms with van der Waals surface area (Å²) in [5.74, 6) is 1.75. The minimum atomic E-state index is 0.748. The van der Waals surface area contributed by atoms with Gasteiger partial charge < -0.3 is 15.2 Å². The molecule has 4 aromatic rings. The molecule has 3 aromatic heterocycles. The molecule has 0 unspecified atom stereocenters. The van der Waals surface area contributed by atoms with Crippen molar-refractivity contribution in [3.05, 3.63) is 66.7 Å². The van der Waals surface area contributed by atoms with Crippen molar-refractivity contribution in [1.29, 1.82) is 0 Å². The van der Waals surface area contributed by atoms with E-state index in [2.05, 4.69) is 66.9 Å². The molecule has 7 heteroatoms. The summed E-state index contributed by atoms with van der Waals surface area (Å²) in [5.41, 5.74) is 2.16. The molecule has 0 saturated carbocycles. The summed E-state index contributed by atoms with van der Waals surface area (Å²) >= 11 is 0. The molecule has 0 amide bonds. The van der Waals surface area contributed by atoms with Crippen molar-refractivity contribution in [2.45, 2.75) is 19.4 Å². The topological polar surface area (TPSA) is 71.5 Å². The van der Waals surface area contributed by atoms with Crippen molar-refractivity contribution in [2.75, 3.05) is 20.1 Å². The number of benzene rings is 1. The molecule has 0 fully saturated rings. The Morgan fingerprint density at radius 2 is 1.82 bits per heavy atom. The molecule has 0 spiro atoms. The Balaban J connectivity index is 1.22.